The molecule has 2 fully saturated rings. The summed E-state index contributed by atoms with van der Waals surface area (Å²) in [6, 6.07) is 16.9. The topological polar surface area (TPSA) is 50.8 Å². The van der Waals surface area contributed by atoms with Crippen molar-refractivity contribution in [1.82, 2.24) is 10.2 Å². The van der Waals surface area contributed by atoms with Crippen LogP contribution in [0.15, 0.2) is 48.5 Å². The summed E-state index contributed by atoms with van der Waals surface area (Å²) in [4.78, 5) is 15.3. The van der Waals surface area contributed by atoms with E-state index in [0.717, 1.165) is 62.3 Å². The lowest BCUT2D eigenvalue weighted by molar-refractivity contribution is -0.123. The summed E-state index contributed by atoms with van der Waals surface area (Å²) in [5, 5.41) is 3.15. The standard InChI is InChI=1S/C26H34N2O3/c1-20-5-3-7-22(17-20)26(11-12-26)25(29)27-19-21-6-4-8-24(18-21)31-16-13-28(2)23-9-14-30-15-10-23/h3-8,17-18,23H,9-16,19H2,1-2H3,(H,27,29). The molecule has 2 aromatic rings. The molecule has 0 spiro atoms. The van der Waals surface area contributed by atoms with Gasteiger partial charge < -0.3 is 14.8 Å². The van der Waals surface area contributed by atoms with Crippen molar-refractivity contribution in [1.29, 1.82) is 0 Å². The number of likely N-dealkylation sites (N-methyl/N-ethyl adjacent to an activating group) is 1. The normalized spacial score (nSPS) is 18.0. The fourth-order valence-electron chi connectivity index (χ4n) is 4.43. The number of rotatable bonds is 9. The van der Waals surface area contributed by atoms with Gasteiger partial charge in [-0.05, 0) is 62.9 Å². The fraction of sp³-hybridized carbons (Fsp3) is 0.500. The SMILES string of the molecule is Cc1cccc(C2(C(=O)NCc3cccc(OCCN(C)C4CCOCC4)c3)CC2)c1. The first kappa shape index (κ1) is 21.8. The fourth-order valence-corrected chi connectivity index (χ4v) is 4.43. The Bertz CT molecular complexity index is 888. The van der Waals surface area contributed by atoms with Crippen molar-refractivity contribution < 1.29 is 14.3 Å². The third-order valence-electron chi connectivity index (χ3n) is 6.63. The van der Waals surface area contributed by atoms with Gasteiger partial charge in [0.1, 0.15) is 12.4 Å². The third-order valence-corrected chi connectivity index (χ3v) is 6.63. The van der Waals surface area contributed by atoms with Gasteiger partial charge in [-0.3, -0.25) is 9.69 Å². The Labute approximate surface area is 185 Å². The Kier molecular flexibility index (Phi) is 6.93. The first-order valence-corrected chi connectivity index (χ1v) is 11.4. The molecule has 0 unspecified atom stereocenters. The monoisotopic (exact) mass is 422 g/mol. The average molecular weight is 423 g/mol. The van der Waals surface area contributed by atoms with E-state index in [1.54, 1.807) is 0 Å². The van der Waals surface area contributed by atoms with E-state index in [4.69, 9.17) is 9.47 Å². The van der Waals surface area contributed by atoms with E-state index in [-0.39, 0.29) is 11.3 Å². The summed E-state index contributed by atoms with van der Waals surface area (Å²) >= 11 is 0. The minimum Gasteiger partial charge on any atom is -0.492 e. The van der Waals surface area contributed by atoms with Gasteiger partial charge in [-0.2, -0.15) is 0 Å². The van der Waals surface area contributed by atoms with Gasteiger partial charge in [0.2, 0.25) is 5.91 Å². The second kappa shape index (κ2) is 9.84. The van der Waals surface area contributed by atoms with Crippen molar-refractivity contribution in [3.8, 4) is 5.75 Å². The smallest absolute Gasteiger partial charge is 0.230 e. The number of carbonyl (C=O) groups is 1. The van der Waals surface area contributed by atoms with E-state index in [9.17, 15) is 4.79 Å². The number of aryl methyl sites for hydroxylation is 1. The largest absolute Gasteiger partial charge is 0.492 e. The molecule has 1 saturated carbocycles. The maximum Gasteiger partial charge on any atom is 0.230 e. The number of carbonyl (C=O) groups excluding carboxylic acids is 1. The zero-order valence-electron chi connectivity index (χ0n) is 18.7. The molecule has 1 saturated heterocycles. The summed E-state index contributed by atoms with van der Waals surface area (Å²) in [6.07, 6.45) is 4.03. The van der Waals surface area contributed by atoms with Crippen molar-refractivity contribution >= 4 is 5.91 Å². The van der Waals surface area contributed by atoms with Crippen molar-refractivity contribution in [2.45, 2.75) is 50.6 Å². The van der Waals surface area contributed by atoms with Crippen LogP contribution in [0.25, 0.3) is 0 Å². The van der Waals surface area contributed by atoms with Crippen LogP contribution in [0.5, 0.6) is 5.75 Å². The molecule has 31 heavy (non-hydrogen) atoms. The molecular formula is C26H34N2O3. The quantitative estimate of drug-likeness (QED) is 0.667. The first-order chi connectivity index (χ1) is 15.1. The molecule has 0 bridgehead atoms. The van der Waals surface area contributed by atoms with Crippen LogP contribution in [0.4, 0.5) is 0 Å². The van der Waals surface area contributed by atoms with E-state index in [1.165, 1.54) is 5.56 Å². The van der Waals surface area contributed by atoms with Crippen LogP contribution in [0.3, 0.4) is 0 Å². The van der Waals surface area contributed by atoms with Crippen molar-refractivity contribution in [2.75, 3.05) is 33.4 Å². The number of amides is 1. The van der Waals surface area contributed by atoms with E-state index < -0.39 is 0 Å². The molecule has 5 heteroatoms. The van der Waals surface area contributed by atoms with Crippen LogP contribution in [-0.2, 0) is 21.5 Å². The average Bonchev–Trinajstić information content (AvgIpc) is 3.61. The minimum absolute atomic E-state index is 0.127. The predicted molar refractivity (Wildman–Crippen MR) is 122 cm³/mol. The van der Waals surface area contributed by atoms with Gasteiger partial charge in [0, 0.05) is 32.3 Å². The highest BCUT2D eigenvalue weighted by Crippen LogP contribution is 2.48. The number of ether oxygens (including phenoxy) is 2. The van der Waals surface area contributed by atoms with Crippen LogP contribution in [-0.4, -0.2) is 50.3 Å². The Hall–Kier alpha value is -2.37. The predicted octanol–water partition coefficient (Wildman–Crippen LogP) is 3.83. The molecule has 1 N–H and O–H groups in total. The maximum atomic E-state index is 12.9. The van der Waals surface area contributed by atoms with Crippen LogP contribution < -0.4 is 10.1 Å². The zero-order chi connectivity index (χ0) is 21.7. The lowest BCUT2D eigenvalue weighted by Crippen LogP contribution is -2.38. The number of nitrogens with zero attached hydrogens (tertiary/aromatic N) is 1. The minimum atomic E-state index is -0.338. The van der Waals surface area contributed by atoms with E-state index in [1.807, 2.05) is 30.3 Å². The zero-order valence-corrected chi connectivity index (χ0v) is 18.7. The molecule has 1 heterocycles. The van der Waals surface area contributed by atoms with Gasteiger partial charge in [-0.1, -0.05) is 42.0 Å². The van der Waals surface area contributed by atoms with Gasteiger partial charge in [-0.15, -0.1) is 0 Å². The molecule has 5 nitrogen and oxygen atoms in total. The lowest BCUT2D eigenvalue weighted by atomic mass is 9.93. The first-order valence-electron chi connectivity index (χ1n) is 11.4. The van der Waals surface area contributed by atoms with Crippen LogP contribution in [0, 0.1) is 6.92 Å². The van der Waals surface area contributed by atoms with Gasteiger partial charge in [0.05, 0.1) is 5.41 Å². The molecule has 0 radical (unpaired) electrons. The van der Waals surface area contributed by atoms with Crippen LogP contribution >= 0.6 is 0 Å². The van der Waals surface area contributed by atoms with Crippen LogP contribution in [0.2, 0.25) is 0 Å². The van der Waals surface area contributed by atoms with Crippen molar-refractivity contribution in [3.63, 3.8) is 0 Å². The molecule has 1 aliphatic carbocycles. The lowest BCUT2D eigenvalue weighted by Gasteiger charge is -2.31. The number of nitrogens with one attached hydrogen (secondary N) is 1. The van der Waals surface area contributed by atoms with Gasteiger partial charge in [0.15, 0.2) is 0 Å². The maximum absolute atomic E-state index is 12.9. The van der Waals surface area contributed by atoms with Crippen molar-refractivity contribution in [3.05, 3.63) is 65.2 Å². The second-order valence-electron chi connectivity index (χ2n) is 8.95. The highest BCUT2D eigenvalue weighted by atomic mass is 16.5. The number of benzene rings is 2. The second-order valence-corrected chi connectivity index (χ2v) is 8.95. The third kappa shape index (κ3) is 5.46. The molecule has 4 rings (SSSR count). The molecular weight excluding hydrogens is 388 g/mol. The summed E-state index contributed by atoms with van der Waals surface area (Å²) in [7, 11) is 2.16. The van der Waals surface area contributed by atoms with Crippen LogP contribution in [0.1, 0.15) is 42.4 Å². The highest BCUT2D eigenvalue weighted by molar-refractivity contribution is 5.91. The molecule has 0 atom stereocenters. The Balaban J connectivity index is 1.26. The summed E-state index contributed by atoms with van der Waals surface area (Å²) < 4.78 is 11.4. The molecule has 2 aliphatic rings. The Morgan fingerprint density at radius 3 is 2.68 bits per heavy atom. The van der Waals surface area contributed by atoms with Gasteiger partial charge >= 0.3 is 0 Å². The van der Waals surface area contributed by atoms with E-state index in [0.29, 0.717) is 19.2 Å². The van der Waals surface area contributed by atoms with E-state index >= 15 is 0 Å². The van der Waals surface area contributed by atoms with E-state index in [2.05, 4.69) is 42.4 Å². The summed E-state index contributed by atoms with van der Waals surface area (Å²) in [6.45, 7) is 5.85. The van der Waals surface area contributed by atoms with Gasteiger partial charge in [-0.25, -0.2) is 0 Å². The summed E-state index contributed by atoms with van der Waals surface area (Å²) in [5.74, 6) is 0.981. The summed E-state index contributed by atoms with van der Waals surface area (Å²) in [5.41, 5.74) is 3.05. The van der Waals surface area contributed by atoms with Crippen molar-refractivity contribution in [2.24, 2.45) is 0 Å². The molecule has 1 amide bonds. The molecule has 2 aromatic carbocycles. The van der Waals surface area contributed by atoms with Gasteiger partial charge in [0.25, 0.3) is 0 Å². The molecule has 166 valence electrons. The number of hydrogen-bond donors (Lipinski definition) is 1. The molecule has 1 aliphatic heterocycles. The highest BCUT2D eigenvalue weighted by Gasteiger charge is 2.51. The Morgan fingerprint density at radius 2 is 1.94 bits per heavy atom. The molecule has 0 aromatic heterocycles. The Morgan fingerprint density at radius 1 is 1.16 bits per heavy atom. The number of hydrogen-bond acceptors (Lipinski definition) is 4.